The van der Waals surface area contributed by atoms with Gasteiger partial charge in [-0.2, -0.15) is 0 Å². The number of carbonyl (C=O) groups excluding carboxylic acids is 1. The average molecular weight is 162 g/mol. The van der Waals surface area contributed by atoms with Crippen LogP contribution in [0.1, 0.15) is 10.5 Å². The van der Waals surface area contributed by atoms with E-state index >= 15 is 0 Å². The van der Waals surface area contributed by atoms with Gasteiger partial charge in [-0.3, -0.25) is 9.78 Å². The molecule has 0 aromatic carbocycles. The Morgan fingerprint density at radius 2 is 2.50 bits per heavy atom. The normalized spacial score (nSPS) is 8.67. The molecule has 5 heteroatoms. The van der Waals surface area contributed by atoms with E-state index in [1.807, 2.05) is 0 Å². The third kappa shape index (κ3) is 2.07. The first-order valence-electron chi connectivity index (χ1n) is 3.29. The van der Waals surface area contributed by atoms with Crippen molar-refractivity contribution in [2.45, 2.75) is 0 Å². The molecule has 0 spiro atoms. The zero-order valence-electron chi connectivity index (χ0n) is 6.21. The van der Waals surface area contributed by atoms with Gasteiger partial charge in [0.2, 0.25) is 0 Å². The molecule has 60 valence electrons. The molecule has 1 aromatic rings. The second kappa shape index (κ2) is 4.10. The Labute approximate surface area is 68.7 Å². The fourth-order valence-electron chi connectivity index (χ4n) is 0.705. The van der Waals surface area contributed by atoms with Gasteiger partial charge >= 0.3 is 0 Å². The van der Waals surface area contributed by atoms with Crippen molar-refractivity contribution in [2.75, 3.05) is 6.54 Å². The first-order chi connectivity index (χ1) is 5.84. The topological polar surface area (TPSA) is 78.7 Å². The first kappa shape index (κ1) is 8.23. The second-order valence-corrected chi connectivity index (χ2v) is 2.03. The maximum Gasteiger partial charge on any atom is 0.186 e. The van der Waals surface area contributed by atoms with Crippen LogP contribution in [0.3, 0.4) is 0 Å². The molecule has 0 aliphatic carbocycles. The van der Waals surface area contributed by atoms with Gasteiger partial charge in [0.05, 0.1) is 6.54 Å². The second-order valence-electron chi connectivity index (χ2n) is 2.03. The highest BCUT2D eigenvalue weighted by Crippen LogP contribution is 1.95. The number of pyridine rings is 1. The molecule has 0 aliphatic heterocycles. The lowest BCUT2D eigenvalue weighted by molar-refractivity contribution is 0.0997. The number of rotatable bonds is 3. The van der Waals surface area contributed by atoms with Crippen LogP contribution in [0, 0.1) is 0 Å². The summed E-state index contributed by atoms with van der Waals surface area (Å²) >= 11 is 0. The van der Waals surface area contributed by atoms with E-state index in [0.29, 0.717) is 5.69 Å². The molecule has 0 N–H and O–H groups in total. The molecule has 1 aromatic heterocycles. The van der Waals surface area contributed by atoms with Crippen molar-refractivity contribution in [3.05, 3.63) is 40.5 Å². The minimum atomic E-state index is -0.270. The Bertz CT molecular complexity index is 315. The third-order valence-electron chi connectivity index (χ3n) is 1.23. The Hall–Kier alpha value is -1.87. The van der Waals surface area contributed by atoms with Crippen molar-refractivity contribution in [1.29, 1.82) is 0 Å². The van der Waals surface area contributed by atoms with Crippen LogP contribution >= 0.6 is 0 Å². The van der Waals surface area contributed by atoms with Gasteiger partial charge in [-0.25, -0.2) is 0 Å². The van der Waals surface area contributed by atoms with Gasteiger partial charge in [0.25, 0.3) is 0 Å². The molecular weight excluding hydrogens is 156 g/mol. The zero-order chi connectivity index (χ0) is 8.81. The van der Waals surface area contributed by atoms with E-state index < -0.39 is 0 Å². The lowest BCUT2D eigenvalue weighted by atomic mass is 10.2. The minimum Gasteiger partial charge on any atom is -0.292 e. The van der Waals surface area contributed by atoms with Gasteiger partial charge in [0.15, 0.2) is 5.78 Å². The van der Waals surface area contributed by atoms with E-state index in [0.717, 1.165) is 0 Å². The number of ketones is 1. The molecule has 1 rings (SSSR count). The summed E-state index contributed by atoms with van der Waals surface area (Å²) < 4.78 is 0. The summed E-state index contributed by atoms with van der Waals surface area (Å²) in [7, 11) is 0. The van der Waals surface area contributed by atoms with Crippen molar-refractivity contribution in [3.8, 4) is 0 Å². The van der Waals surface area contributed by atoms with Crippen molar-refractivity contribution in [1.82, 2.24) is 4.98 Å². The standard InChI is InChI=1S/C7H6N4O/c8-11-10-5-7(12)6-3-1-2-4-9-6/h1-4H,5H2. The Balaban J connectivity index is 2.72. The van der Waals surface area contributed by atoms with Crippen LogP contribution in [0.25, 0.3) is 10.4 Å². The number of Topliss-reactive ketones (excluding diaryl/α,β-unsaturated/α-hetero) is 1. The van der Waals surface area contributed by atoms with Crippen molar-refractivity contribution in [3.63, 3.8) is 0 Å². The van der Waals surface area contributed by atoms with Crippen LogP contribution in [0.2, 0.25) is 0 Å². The molecule has 0 aliphatic rings. The maximum atomic E-state index is 11.1. The van der Waals surface area contributed by atoms with Gasteiger partial charge < -0.3 is 0 Å². The van der Waals surface area contributed by atoms with E-state index in [2.05, 4.69) is 15.0 Å². The molecule has 0 saturated carbocycles. The van der Waals surface area contributed by atoms with Gasteiger partial charge in [-0.05, 0) is 17.7 Å². The van der Waals surface area contributed by atoms with Crippen LogP contribution in [-0.4, -0.2) is 17.3 Å². The Morgan fingerprint density at radius 1 is 1.67 bits per heavy atom. The predicted molar refractivity (Wildman–Crippen MR) is 42.6 cm³/mol. The van der Waals surface area contributed by atoms with Gasteiger partial charge in [-0.15, -0.1) is 0 Å². The number of hydrogen-bond donors (Lipinski definition) is 0. The van der Waals surface area contributed by atoms with Crippen LogP contribution in [0.15, 0.2) is 29.5 Å². The van der Waals surface area contributed by atoms with E-state index in [1.165, 1.54) is 6.20 Å². The lowest BCUT2D eigenvalue weighted by Gasteiger charge is -1.92. The minimum absolute atomic E-state index is 0.173. The fourth-order valence-corrected chi connectivity index (χ4v) is 0.705. The summed E-state index contributed by atoms with van der Waals surface area (Å²) in [4.78, 5) is 17.4. The number of nitrogens with zero attached hydrogens (tertiary/aromatic N) is 4. The summed E-state index contributed by atoms with van der Waals surface area (Å²) in [5.74, 6) is -0.270. The molecule has 0 saturated heterocycles. The van der Waals surface area contributed by atoms with Crippen molar-refractivity contribution in [2.24, 2.45) is 5.11 Å². The van der Waals surface area contributed by atoms with E-state index in [1.54, 1.807) is 18.2 Å². The molecule has 1 heterocycles. The number of azide groups is 1. The molecule has 0 unspecified atom stereocenters. The Morgan fingerprint density at radius 3 is 3.08 bits per heavy atom. The van der Waals surface area contributed by atoms with E-state index in [9.17, 15) is 4.79 Å². The molecule has 12 heavy (non-hydrogen) atoms. The van der Waals surface area contributed by atoms with E-state index in [4.69, 9.17) is 5.53 Å². The predicted octanol–water partition coefficient (Wildman–Crippen LogP) is 1.57. The van der Waals surface area contributed by atoms with Gasteiger partial charge in [-0.1, -0.05) is 11.2 Å². The molecule has 0 radical (unpaired) electrons. The molecule has 0 bridgehead atoms. The number of hydrogen-bond acceptors (Lipinski definition) is 3. The molecule has 0 fully saturated rings. The largest absolute Gasteiger partial charge is 0.292 e. The summed E-state index contributed by atoms with van der Waals surface area (Å²) in [6, 6.07) is 5.00. The summed E-state index contributed by atoms with van der Waals surface area (Å²) in [6.45, 7) is -0.173. The SMILES string of the molecule is [N-]=[N+]=NCC(=O)c1ccccn1. The summed E-state index contributed by atoms with van der Waals surface area (Å²) in [5.41, 5.74) is 8.27. The number of aromatic nitrogens is 1. The Kier molecular flexibility index (Phi) is 2.81. The van der Waals surface area contributed by atoms with Crippen molar-refractivity contribution >= 4 is 5.78 Å². The molecule has 5 nitrogen and oxygen atoms in total. The smallest absolute Gasteiger partial charge is 0.186 e. The van der Waals surface area contributed by atoms with Gasteiger partial charge in [0.1, 0.15) is 5.69 Å². The zero-order valence-corrected chi connectivity index (χ0v) is 6.21. The summed E-state index contributed by atoms with van der Waals surface area (Å²) in [5, 5.41) is 3.14. The third-order valence-corrected chi connectivity index (χ3v) is 1.23. The monoisotopic (exact) mass is 162 g/mol. The highest BCUT2D eigenvalue weighted by atomic mass is 16.1. The van der Waals surface area contributed by atoms with Crippen molar-refractivity contribution < 1.29 is 4.79 Å². The lowest BCUT2D eigenvalue weighted by Crippen LogP contribution is -2.04. The number of carbonyl (C=O) groups is 1. The summed E-state index contributed by atoms with van der Waals surface area (Å²) in [6.07, 6.45) is 1.52. The average Bonchev–Trinajstić information content (AvgIpc) is 2.15. The fraction of sp³-hybridized carbons (Fsp3) is 0.143. The highest BCUT2D eigenvalue weighted by Gasteiger charge is 2.03. The molecule has 0 atom stereocenters. The van der Waals surface area contributed by atoms with Crippen LogP contribution in [0.4, 0.5) is 0 Å². The highest BCUT2D eigenvalue weighted by molar-refractivity contribution is 5.95. The van der Waals surface area contributed by atoms with E-state index in [-0.39, 0.29) is 12.3 Å². The van der Waals surface area contributed by atoms with Crippen LogP contribution < -0.4 is 0 Å². The molecular formula is C7H6N4O. The van der Waals surface area contributed by atoms with Gasteiger partial charge in [0, 0.05) is 11.1 Å². The quantitative estimate of drug-likeness (QED) is 0.292. The maximum absolute atomic E-state index is 11.1. The van der Waals surface area contributed by atoms with Crippen LogP contribution in [0.5, 0.6) is 0 Å². The van der Waals surface area contributed by atoms with Crippen LogP contribution in [-0.2, 0) is 0 Å². The molecule has 0 amide bonds. The first-order valence-corrected chi connectivity index (χ1v) is 3.29.